The van der Waals surface area contributed by atoms with Gasteiger partial charge in [-0.1, -0.05) is 31.2 Å². The van der Waals surface area contributed by atoms with E-state index in [1.165, 1.54) is 11.1 Å². The van der Waals surface area contributed by atoms with E-state index in [0.29, 0.717) is 12.0 Å². The second-order valence-electron chi connectivity index (χ2n) is 7.66. The maximum absolute atomic E-state index is 4.56. The molecule has 2 aromatic heterocycles. The maximum Gasteiger partial charge on any atom is 0.193 e. The van der Waals surface area contributed by atoms with Gasteiger partial charge in [0, 0.05) is 51.5 Å². The smallest absolute Gasteiger partial charge is 0.193 e. The number of likely N-dealkylation sites (tertiary alicyclic amines) is 1. The van der Waals surface area contributed by atoms with E-state index < -0.39 is 0 Å². The Bertz CT molecular complexity index is 921. The third-order valence-corrected chi connectivity index (χ3v) is 5.78. The molecule has 30 heavy (non-hydrogen) atoms. The minimum Gasteiger partial charge on any atom is -0.352 e. The van der Waals surface area contributed by atoms with Crippen molar-refractivity contribution in [2.45, 2.75) is 32.5 Å². The molecule has 8 heteroatoms. The number of imidazole rings is 1. The molecule has 0 aliphatic carbocycles. The Labute approximate surface area is 195 Å². The average Bonchev–Trinajstić information content (AvgIpc) is 3.45. The number of nitrogens with zero attached hydrogens (tertiary/aromatic N) is 6. The summed E-state index contributed by atoms with van der Waals surface area (Å²) in [6.45, 7) is 5.79. The highest BCUT2D eigenvalue weighted by Gasteiger charge is 2.28. The molecule has 2 unspecified atom stereocenters. The van der Waals surface area contributed by atoms with Crippen molar-refractivity contribution in [2.75, 3.05) is 20.1 Å². The zero-order valence-electron chi connectivity index (χ0n) is 17.6. The minimum atomic E-state index is 0. The number of piperidine rings is 1. The van der Waals surface area contributed by atoms with Crippen LogP contribution in [0, 0.1) is 5.92 Å². The second kappa shape index (κ2) is 10.6. The molecule has 0 amide bonds. The first kappa shape index (κ1) is 22.3. The Kier molecular flexibility index (Phi) is 7.89. The lowest BCUT2D eigenvalue weighted by Crippen LogP contribution is -2.48. The fraction of sp³-hybridized carbons (Fsp3) is 0.409. The van der Waals surface area contributed by atoms with E-state index in [1.807, 2.05) is 42.7 Å². The first-order valence-electron chi connectivity index (χ1n) is 10.2. The molecule has 1 aliphatic heterocycles. The molecule has 1 fully saturated rings. The van der Waals surface area contributed by atoms with Gasteiger partial charge in [0.15, 0.2) is 5.96 Å². The summed E-state index contributed by atoms with van der Waals surface area (Å²) >= 11 is 0. The third kappa shape index (κ3) is 5.21. The van der Waals surface area contributed by atoms with Crippen LogP contribution in [0.1, 0.15) is 30.5 Å². The quantitative estimate of drug-likeness (QED) is 0.319. The third-order valence-electron chi connectivity index (χ3n) is 5.78. The van der Waals surface area contributed by atoms with Gasteiger partial charge in [0.25, 0.3) is 0 Å². The van der Waals surface area contributed by atoms with Gasteiger partial charge in [-0.15, -0.1) is 24.0 Å². The van der Waals surface area contributed by atoms with E-state index in [0.717, 1.165) is 38.6 Å². The highest BCUT2D eigenvalue weighted by atomic mass is 127. The Morgan fingerprint density at radius 3 is 2.70 bits per heavy atom. The summed E-state index contributed by atoms with van der Waals surface area (Å²) in [4.78, 5) is 11.2. The fourth-order valence-corrected chi connectivity index (χ4v) is 4.05. The Balaban J connectivity index is 0.00000256. The van der Waals surface area contributed by atoms with E-state index in [2.05, 4.69) is 67.2 Å². The molecule has 3 aromatic rings. The molecule has 1 aliphatic rings. The molecule has 7 nitrogen and oxygen atoms in total. The van der Waals surface area contributed by atoms with Gasteiger partial charge in [-0.3, -0.25) is 9.67 Å². The molecule has 2 atom stereocenters. The summed E-state index contributed by atoms with van der Waals surface area (Å²) in [5.74, 6) is 1.57. The molecule has 4 rings (SSSR count). The van der Waals surface area contributed by atoms with Crippen molar-refractivity contribution in [3.05, 3.63) is 72.6 Å². The van der Waals surface area contributed by atoms with Crippen LogP contribution in [0.5, 0.6) is 0 Å². The van der Waals surface area contributed by atoms with E-state index in [1.54, 1.807) is 0 Å². The summed E-state index contributed by atoms with van der Waals surface area (Å²) < 4.78 is 4.18. The van der Waals surface area contributed by atoms with Gasteiger partial charge in [-0.25, -0.2) is 4.98 Å². The van der Waals surface area contributed by atoms with Crippen molar-refractivity contribution in [3.63, 3.8) is 0 Å². The molecular formula is C22H30IN7. The van der Waals surface area contributed by atoms with Gasteiger partial charge in [0.05, 0.1) is 18.9 Å². The lowest BCUT2D eigenvalue weighted by atomic mass is 9.93. The number of hydrogen-bond acceptors (Lipinski definition) is 3. The number of benzene rings is 1. The molecular weight excluding hydrogens is 489 g/mol. The highest BCUT2D eigenvalue weighted by molar-refractivity contribution is 14.0. The SMILES string of the molecule is CN=C(NCc1ccccc1Cn1cccn1)N1CCC(C)C(n2ccnc2)C1.I. The van der Waals surface area contributed by atoms with Crippen LogP contribution in [-0.4, -0.2) is 50.3 Å². The predicted molar refractivity (Wildman–Crippen MR) is 130 cm³/mol. The summed E-state index contributed by atoms with van der Waals surface area (Å²) in [5.41, 5.74) is 2.53. The van der Waals surface area contributed by atoms with E-state index >= 15 is 0 Å². The molecule has 160 valence electrons. The zero-order chi connectivity index (χ0) is 20.1. The summed E-state index contributed by atoms with van der Waals surface area (Å²) in [6, 6.07) is 10.9. The van der Waals surface area contributed by atoms with Crippen molar-refractivity contribution < 1.29 is 0 Å². The number of hydrogen-bond donors (Lipinski definition) is 1. The van der Waals surface area contributed by atoms with Crippen molar-refractivity contribution in [3.8, 4) is 0 Å². The lowest BCUT2D eigenvalue weighted by molar-refractivity contribution is 0.189. The van der Waals surface area contributed by atoms with Gasteiger partial charge in [-0.05, 0) is 29.5 Å². The zero-order valence-corrected chi connectivity index (χ0v) is 19.9. The minimum absolute atomic E-state index is 0. The van der Waals surface area contributed by atoms with Crippen LogP contribution in [0.15, 0.2) is 66.4 Å². The molecule has 3 heterocycles. The van der Waals surface area contributed by atoms with Gasteiger partial charge >= 0.3 is 0 Å². The summed E-state index contributed by atoms with van der Waals surface area (Å²) in [5, 5.41) is 7.91. The van der Waals surface area contributed by atoms with Crippen molar-refractivity contribution in [1.29, 1.82) is 0 Å². The van der Waals surface area contributed by atoms with Crippen LogP contribution < -0.4 is 5.32 Å². The van der Waals surface area contributed by atoms with Crippen molar-refractivity contribution in [1.82, 2.24) is 29.5 Å². The molecule has 1 N–H and O–H groups in total. The number of aliphatic imine (C=N–C) groups is 1. The number of halogens is 1. The standard InChI is InChI=1S/C22H29N7.HI/c1-18-8-12-27(16-21(18)28-13-10-24-17-28)22(23-2)25-14-19-6-3-4-7-20(19)15-29-11-5-9-26-29;/h3-7,9-11,13,17-18,21H,8,12,14-16H2,1-2H3,(H,23,25);1H. The first-order chi connectivity index (χ1) is 14.2. The number of nitrogens with one attached hydrogen (secondary N) is 1. The van der Waals surface area contributed by atoms with Crippen LogP contribution in [0.4, 0.5) is 0 Å². The lowest BCUT2D eigenvalue weighted by Gasteiger charge is -2.39. The molecule has 1 saturated heterocycles. The van der Waals surface area contributed by atoms with Crippen LogP contribution in [0.2, 0.25) is 0 Å². The molecule has 0 bridgehead atoms. The Morgan fingerprint density at radius 1 is 1.17 bits per heavy atom. The molecule has 1 aromatic carbocycles. The maximum atomic E-state index is 4.56. The Hall–Kier alpha value is -2.36. The molecule has 0 saturated carbocycles. The normalized spacial score (nSPS) is 19.4. The van der Waals surface area contributed by atoms with Crippen molar-refractivity contribution in [2.24, 2.45) is 10.9 Å². The van der Waals surface area contributed by atoms with Crippen LogP contribution in [0.3, 0.4) is 0 Å². The monoisotopic (exact) mass is 519 g/mol. The van der Waals surface area contributed by atoms with Gasteiger partial charge < -0.3 is 14.8 Å². The Morgan fingerprint density at radius 2 is 2.00 bits per heavy atom. The summed E-state index contributed by atoms with van der Waals surface area (Å²) in [7, 11) is 1.86. The van der Waals surface area contributed by atoms with E-state index in [-0.39, 0.29) is 24.0 Å². The predicted octanol–water partition coefficient (Wildman–Crippen LogP) is 3.40. The first-order valence-corrected chi connectivity index (χ1v) is 10.2. The number of guanidine groups is 1. The number of rotatable bonds is 5. The van der Waals surface area contributed by atoms with Crippen LogP contribution >= 0.6 is 24.0 Å². The summed E-state index contributed by atoms with van der Waals surface area (Å²) in [6.07, 6.45) is 10.8. The van der Waals surface area contributed by atoms with Gasteiger partial charge in [-0.2, -0.15) is 5.10 Å². The molecule has 0 radical (unpaired) electrons. The highest BCUT2D eigenvalue weighted by Crippen LogP contribution is 2.27. The van der Waals surface area contributed by atoms with Gasteiger partial charge in [0.1, 0.15) is 0 Å². The van der Waals surface area contributed by atoms with Crippen LogP contribution in [-0.2, 0) is 13.1 Å². The fourth-order valence-electron chi connectivity index (χ4n) is 4.05. The van der Waals surface area contributed by atoms with E-state index in [9.17, 15) is 0 Å². The average molecular weight is 519 g/mol. The van der Waals surface area contributed by atoms with E-state index in [4.69, 9.17) is 0 Å². The topological polar surface area (TPSA) is 63.3 Å². The number of aromatic nitrogens is 4. The van der Waals surface area contributed by atoms with Crippen LogP contribution in [0.25, 0.3) is 0 Å². The van der Waals surface area contributed by atoms with Gasteiger partial charge in [0.2, 0.25) is 0 Å². The van der Waals surface area contributed by atoms with Crippen molar-refractivity contribution >= 4 is 29.9 Å². The largest absolute Gasteiger partial charge is 0.352 e. The second-order valence-corrected chi connectivity index (χ2v) is 7.66. The molecule has 0 spiro atoms.